The summed E-state index contributed by atoms with van der Waals surface area (Å²) in [6, 6.07) is 0. The van der Waals surface area contributed by atoms with Crippen LogP contribution in [0.4, 0.5) is 0 Å². The Labute approximate surface area is 131 Å². The molecule has 0 aromatic heterocycles. The molecule has 6 nitrogen and oxygen atoms in total. The maximum Gasteiger partial charge on any atom is 0.243 e. The SMILES string of the molecule is C=CC(=O)NCCCOC(CCCl)COCCCNC=O. The number of carbonyl (C=O) groups is 2. The first-order valence-electron chi connectivity index (χ1n) is 7.07. The summed E-state index contributed by atoms with van der Waals surface area (Å²) in [4.78, 5) is 21.0. The second kappa shape index (κ2) is 15.3. The molecule has 0 saturated carbocycles. The molecule has 0 radical (unpaired) electrons. The van der Waals surface area contributed by atoms with E-state index >= 15 is 0 Å². The van der Waals surface area contributed by atoms with Gasteiger partial charge in [0.1, 0.15) is 0 Å². The van der Waals surface area contributed by atoms with Crippen molar-refractivity contribution in [3.8, 4) is 0 Å². The van der Waals surface area contributed by atoms with E-state index in [1.54, 1.807) is 0 Å². The van der Waals surface area contributed by atoms with E-state index in [4.69, 9.17) is 21.1 Å². The number of rotatable bonds is 15. The summed E-state index contributed by atoms with van der Waals surface area (Å²) in [5, 5.41) is 5.25. The minimum atomic E-state index is -0.181. The molecule has 1 unspecified atom stereocenters. The highest BCUT2D eigenvalue weighted by atomic mass is 35.5. The molecule has 21 heavy (non-hydrogen) atoms. The third-order valence-electron chi connectivity index (χ3n) is 2.59. The van der Waals surface area contributed by atoms with Gasteiger partial charge in [0.25, 0.3) is 0 Å². The van der Waals surface area contributed by atoms with Crippen molar-refractivity contribution in [1.29, 1.82) is 0 Å². The van der Waals surface area contributed by atoms with Crippen LogP contribution in [-0.2, 0) is 19.1 Å². The predicted molar refractivity (Wildman–Crippen MR) is 82.4 cm³/mol. The zero-order valence-electron chi connectivity index (χ0n) is 12.3. The van der Waals surface area contributed by atoms with E-state index in [2.05, 4.69) is 17.2 Å². The first kappa shape index (κ1) is 19.9. The number of amides is 2. The number of ether oxygens (including phenoxy) is 2. The second-order valence-corrected chi connectivity index (χ2v) is 4.70. The van der Waals surface area contributed by atoms with Gasteiger partial charge in [0.15, 0.2) is 0 Å². The third-order valence-corrected chi connectivity index (χ3v) is 2.81. The molecule has 2 N–H and O–H groups in total. The van der Waals surface area contributed by atoms with Crippen molar-refractivity contribution in [3.05, 3.63) is 12.7 Å². The van der Waals surface area contributed by atoms with Gasteiger partial charge in [-0.25, -0.2) is 0 Å². The van der Waals surface area contributed by atoms with Gasteiger partial charge in [-0.1, -0.05) is 6.58 Å². The molecule has 122 valence electrons. The number of carbonyl (C=O) groups excluding carboxylic acids is 2. The molecule has 0 aromatic carbocycles. The van der Waals surface area contributed by atoms with Gasteiger partial charge in [0.2, 0.25) is 12.3 Å². The molecule has 0 aliphatic heterocycles. The van der Waals surface area contributed by atoms with Crippen LogP contribution in [0.3, 0.4) is 0 Å². The summed E-state index contributed by atoms with van der Waals surface area (Å²) < 4.78 is 11.2. The van der Waals surface area contributed by atoms with Gasteiger partial charge in [-0.05, 0) is 25.3 Å². The van der Waals surface area contributed by atoms with Crippen LogP contribution in [0.2, 0.25) is 0 Å². The van der Waals surface area contributed by atoms with Crippen LogP contribution >= 0.6 is 11.6 Å². The minimum absolute atomic E-state index is 0.0448. The van der Waals surface area contributed by atoms with Gasteiger partial charge < -0.3 is 20.1 Å². The van der Waals surface area contributed by atoms with E-state index in [-0.39, 0.29) is 12.0 Å². The molecular formula is C14H25ClN2O4. The van der Waals surface area contributed by atoms with Crippen molar-refractivity contribution < 1.29 is 19.1 Å². The fourth-order valence-corrected chi connectivity index (χ4v) is 1.74. The van der Waals surface area contributed by atoms with Gasteiger partial charge in [0, 0.05) is 32.2 Å². The highest BCUT2D eigenvalue weighted by Gasteiger charge is 2.08. The number of alkyl halides is 1. The minimum Gasteiger partial charge on any atom is -0.379 e. The Morgan fingerprint density at radius 3 is 2.71 bits per heavy atom. The first-order chi connectivity index (χ1) is 10.2. The van der Waals surface area contributed by atoms with Crippen LogP contribution in [0.25, 0.3) is 0 Å². The molecule has 0 rings (SSSR count). The Morgan fingerprint density at radius 2 is 2.05 bits per heavy atom. The molecule has 0 bridgehead atoms. The quantitative estimate of drug-likeness (QED) is 0.203. The Hall–Kier alpha value is -1.11. The third kappa shape index (κ3) is 13.6. The lowest BCUT2D eigenvalue weighted by atomic mass is 10.3. The average molecular weight is 321 g/mol. The van der Waals surface area contributed by atoms with Crippen molar-refractivity contribution in [2.45, 2.75) is 25.4 Å². The van der Waals surface area contributed by atoms with Crippen LogP contribution in [0, 0.1) is 0 Å². The first-order valence-corrected chi connectivity index (χ1v) is 7.60. The molecule has 0 spiro atoms. The van der Waals surface area contributed by atoms with E-state index in [9.17, 15) is 9.59 Å². The van der Waals surface area contributed by atoms with Crippen molar-refractivity contribution in [2.24, 2.45) is 0 Å². The summed E-state index contributed by atoms with van der Waals surface area (Å²) in [6.07, 6.45) is 4.07. The van der Waals surface area contributed by atoms with E-state index in [0.717, 1.165) is 12.8 Å². The number of nitrogens with one attached hydrogen (secondary N) is 2. The molecule has 7 heteroatoms. The molecule has 1 atom stereocenters. The van der Waals surface area contributed by atoms with Crippen LogP contribution in [0.15, 0.2) is 12.7 Å². The number of halogens is 1. The van der Waals surface area contributed by atoms with E-state index in [0.29, 0.717) is 51.6 Å². The summed E-state index contributed by atoms with van der Waals surface area (Å²) in [5.74, 6) is 0.327. The number of hydrogen-bond donors (Lipinski definition) is 2. The lowest BCUT2D eigenvalue weighted by molar-refractivity contribution is -0.116. The summed E-state index contributed by atoms with van der Waals surface area (Å²) in [5.41, 5.74) is 0. The Morgan fingerprint density at radius 1 is 1.29 bits per heavy atom. The Balaban J connectivity index is 3.59. The van der Waals surface area contributed by atoms with Crippen LogP contribution in [-0.4, -0.2) is 57.2 Å². The Bertz CT molecular complexity index is 290. The Kier molecular flexibility index (Phi) is 14.5. The fraction of sp³-hybridized carbons (Fsp3) is 0.714. The van der Waals surface area contributed by atoms with Crippen molar-refractivity contribution in [1.82, 2.24) is 10.6 Å². The normalized spacial score (nSPS) is 11.7. The maximum atomic E-state index is 10.9. The van der Waals surface area contributed by atoms with Crippen LogP contribution in [0.5, 0.6) is 0 Å². The monoisotopic (exact) mass is 320 g/mol. The standard InChI is InChI=1S/C14H25ClN2O4/c1-2-14(19)17-8-4-10-21-13(5-6-15)11-20-9-3-7-16-12-18/h2,12-13H,1,3-11H2,(H,16,18)(H,17,19). The largest absolute Gasteiger partial charge is 0.379 e. The molecule has 0 saturated heterocycles. The van der Waals surface area contributed by atoms with Gasteiger partial charge in [0.05, 0.1) is 12.7 Å². The molecule has 2 amide bonds. The molecule has 0 fully saturated rings. The van der Waals surface area contributed by atoms with Gasteiger partial charge in [-0.2, -0.15) is 0 Å². The zero-order chi connectivity index (χ0) is 15.8. The number of hydrogen-bond acceptors (Lipinski definition) is 4. The van der Waals surface area contributed by atoms with Gasteiger partial charge in [-0.3, -0.25) is 9.59 Å². The maximum absolute atomic E-state index is 10.9. The molecule has 0 heterocycles. The topological polar surface area (TPSA) is 76.7 Å². The van der Waals surface area contributed by atoms with Crippen LogP contribution < -0.4 is 10.6 Å². The highest BCUT2D eigenvalue weighted by Crippen LogP contribution is 2.03. The summed E-state index contributed by atoms with van der Waals surface area (Å²) in [7, 11) is 0. The molecule has 0 aromatic rings. The molecular weight excluding hydrogens is 296 g/mol. The zero-order valence-corrected chi connectivity index (χ0v) is 13.1. The molecule has 0 aliphatic rings. The lowest BCUT2D eigenvalue weighted by Crippen LogP contribution is -2.26. The second-order valence-electron chi connectivity index (χ2n) is 4.32. The highest BCUT2D eigenvalue weighted by molar-refractivity contribution is 6.17. The van der Waals surface area contributed by atoms with Gasteiger partial charge >= 0.3 is 0 Å². The average Bonchev–Trinajstić information content (AvgIpc) is 2.49. The lowest BCUT2D eigenvalue weighted by Gasteiger charge is -2.17. The fourth-order valence-electron chi connectivity index (χ4n) is 1.49. The smallest absolute Gasteiger partial charge is 0.243 e. The van der Waals surface area contributed by atoms with E-state index in [1.807, 2.05) is 0 Å². The van der Waals surface area contributed by atoms with Crippen molar-refractivity contribution in [3.63, 3.8) is 0 Å². The van der Waals surface area contributed by atoms with Crippen LogP contribution in [0.1, 0.15) is 19.3 Å². The van der Waals surface area contributed by atoms with Crippen molar-refractivity contribution >= 4 is 23.9 Å². The summed E-state index contributed by atoms with van der Waals surface area (Å²) in [6.45, 7) is 6.11. The van der Waals surface area contributed by atoms with Gasteiger partial charge in [-0.15, -0.1) is 11.6 Å². The molecule has 0 aliphatic carbocycles. The predicted octanol–water partition coefficient (Wildman–Crippen LogP) is 0.846. The van der Waals surface area contributed by atoms with E-state index < -0.39 is 0 Å². The summed E-state index contributed by atoms with van der Waals surface area (Å²) >= 11 is 5.73. The van der Waals surface area contributed by atoms with E-state index in [1.165, 1.54) is 6.08 Å². The van der Waals surface area contributed by atoms with Crippen molar-refractivity contribution in [2.75, 3.05) is 38.8 Å².